The van der Waals surface area contributed by atoms with Crippen molar-refractivity contribution in [2.24, 2.45) is 11.3 Å². The van der Waals surface area contributed by atoms with Crippen molar-refractivity contribution in [2.45, 2.75) is 58.0 Å². The lowest BCUT2D eigenvalue weighted by Crippen LogP contribution is -2.59. The molecule has 0 radical (unpaired) electrons. The van der Waals surface area contributed by atoms with E-state index in [1.807, 2.05) is 38.1 Å². The summed E-state index contributed by atoms with van der Waals surface area (Å²) in [7, 11) is 1.51. The second-order valence-corrected chi connectivity index (χ2v) is 17.9. The van der Waals surface area contributed by atoms with Gasteiger partial charge in [0.25, 0.3) is 23.3 Å². The topological polar surface area (TPSA) is 191 Å². The van der Waals surface area contributed by atoms with Crippen molar-refractivity contribution >= 4 is 75.2 Å². The van der Waals surface area contributed by atoms with Crippen molar-refractivity contribution in [3.05, 3.63) is 75.2 Å². The number of anilines is 4. The van der Waals surface area contributed by atoms with Crippen LogP contribution in [0.15, 0.2) is 53.5 Å². The summed E-state index contributed by atoms with van der Waals surface area (Å²) in [5.41, 5.74) is 2.82. The lowest BCUT2D eigenvalue weighted by molar-refractivity contribution is -0.136. The van der Waals surface area contributed by atoms with Gasteiger partial charge >= 0.3 is 0 Å². The molecule has 1 unspecified atom stereocenters. The highest BCUT2D eigenvalue weighted by Crippen LogP contribution is 2.43. The highest BCUT2D eigenvalue weighted by molar-refractivity contribution is 6.33. The Balaban J connectivity index is 0.782. The molecular formula is C44H49ClN10O7. The van der Waals surface area contributed by atoms with E-state index >= 15 is 0 Å². The van der Waals surface area contributed by atoms with Gasteiger partial charge in [0.1, 0.15) is 11.1 Å². The Hall–Kier alpha value is -6.07. The van der Waals surface area contributed by atoms with Crippen LogP contribution in [-0.2, 0) is 14.4 Å². The van der Waals surface area contributed by atoms with Gasteiger partial charge in [-0.3, -0.25) is 39.0 Å². The predicted molar refractivity (Wildman–Crippen MR) is 232 cm³/mol. The van der Waals surface area contributed by atoms with Gasteiger partial charge < -0.3 is 34.6 Å². The maximum Gasteiger partial charge on any atom is 0.293 e. The molecule has 17 nitrogen and oxygen atoms in total. The number of carbonyl (C=O) groups excluding carboxylic acids is 5. The van der Waals surface area contributed by atoms with Crippen molar-refractivity contribution in [1.29, 1.82) is 0 Å². The number of hydrogen-bond donors (Lipinski definition) is 3. The quantitative estimate of drug-likeness (QED) is 0.185. The fourth-order valence-electron chi connectivity index (χ4n) is 9.75. The number of pyridine rings is 1. The van der Waals surface area contributed by atoms with Gasteiger partial charge in [-0.25, -0.2) is 4.98 Å². The number of rotatable bonds is 11. The first-order valence-electron chi connectivity index (χ1n) is 21.2. The van der Waals surface area contributed by atoms with Gasteiger partial charge in [-0.05, 0) is 87.9 Å². The number of fused-ring (bicyclic) bond motifs is 2. The Morgan fingerprint density at radius 1 is 0.952 bits per heavy atom. The second-order valence-electron chi connectivity index (χ2n) is 17.5. The van der Waals surface area contributed by atoms with Crippen LogP contribution in [0.2, 0.25) is 5.02 Å². The van der Waals surface area contributed by atoms with Gasteiger partial charge in [0.15, 0.2) is 18.2 Å². The second kappa shape index (κ2) is 16.3. The molecule has 324 valence electrons. The molecule has 5 aliphatic heterocycles. The first-order valence-corrected chi connectivity index (χ1v) is 21.6. The molecule has 4 saturated heterocycles. The third-order valence-corrected chi connectivity index (χ3v) is 13.2. The Kier molecular flexibility index (Phi) is 10.9. The molecule has 4 fully saturated rings. The number of piperidine rings is 2. The summed E-state index contributed by atoms with van der Waals surface area (Å²) >= 11 is 6.61. The highest BCUT2D eigenvalue weighted by Gasteiger charge is 2.49. The molecule has 5 amide bonds. The monoisotopic (exact) mass is 864 g/mol. The molecule has 2 aromatic heterocycles. The number of imide groups is 2. The summed E-state index contributed by atoms with van der Waals surface area (Å²) in [6.45, 7) is 10.00. The SMILES string of the molecule is CNC(=O)COc1cc2cc(Nc3nc(N4CCC(CN5CC6(CCN(c7ccc8c(c7)C(=O)N(C7CCC(=O)NC7=O)C8=O)C6)C5)CC4)ncc3Cl)ccc2n(C(C)C)c1=O. The van der Waals surface area contributed by atoms with Gasteiger partial charge in [0, 0.05) is 87.5 Å². The molecule has 0 bridgehead atoms. The third kappa shape index (κ3) is 7.72. The number of amides is 5. The summed E-state index contributed by atoms with van der Waals surface area (Å²) in [6, 6.07) is 11.5. The third-order valence-electron chi connectivity index (χ3n) is 12.9. The van der Waals surface area contributed by atoms with Crippen molar-refractivity contribution < 1.29 is 28.7 Å². The molecule has 9 rings (SSSR count). The molecule has 0 saturated carbocycles. The molecule has 7 heterocycles. The van der Waals surface area contributed by atoms with Crippen LogP contribution in [0.3, 0.4) is 0 Å². The zero-order valence-electron chi connectivity index (χ0n) is 34.9. The maximum atomic E-state index is 13.4. The van der Waals surface area contributed by atoms with Crippen LogP contribution >= 0.6 is 11.6 Å². The number of hydrogen-bond acceptors (Lipinski definition) is 13. The van der Waals surface area contributed by atoms with E-state index in [0.717, 1.165) is 86.6 Å². The fraction of sp³-hybridized carbons (Fsp3) is 0.455. The Morgan fingerprint density at radius 3 is 2.47 bits per heavy atom. The largest absolute Gasteiger partial charge is 0.478 e. The van der Waals surface area contributed by atoms with E-state index in [0.29, 0.717) is 39.5 Å². The molecule has 4 aromatic rings. The van der Waals surface area contributed by atoms with E-state index < -0.39 is 29.7 Å². The number of carbonyl (C=O) groups is 5. The summed E-state index contributed by atoms with van der Waals surface area (Å²) < 4.78 is 7.26. The van der Waals surface area contributed by atoms with E-state index in [4.69, 9.17) is 21.3 Å². The average molecular weight is 865 g/mol. The zero-order chi connectivity index (χ0) is 43.4. The first kappa shape index (κ1) is 41.3. The first-order chi connectivity index (χ1) is 29.8. The molecule has 1 atom stereocenters. The number of nitrogens with zero attached hydrogens (tertiary/aromatic N) is 7. The Morgan fingerprint density at radius 2 is 1.73 bits per heavy atom. The average Bonchev–Trinajstić information content (AvgIpc) is 3.79. The summed E-state index contributed by atoms with van der Waals surface area (Å²) in [5.74, 6) is -0.612. The highest BCUT2D eigenvalue weighted by atomic mass is 35.5. The van der Waals surface area contributed by atoms with Crippen LogP contribution < -0.4 is 36.0 Å². The fourth-order valence-corrected chi connectivity index (χ4v) is 9.88. The molecule has 62 heavy (non-hydrogen) atoms. The maximum absolute atomic E-state index is 13.4. The van der Waals surface area contributed by atoms with E-state index in [-0.39, 0.29) is 48.1 Å². The van der Waals surface area contributed by atoms with Crippen molar-refractivity contribution in [3.63, 3.8) is 0 Å². The van der Waals surface area contributed by atoms with Gasteiger partial charge in [-0.1, -0.05) is 11.6 Å². The summed E-state index contributed by atoms with van der Waals surface area (Å²) in [5, 5.41) is 9.21. The molecule has 18 heteroatoms. The molecule has 2 aromatic carbocycles. The van der Waals surface area contributed by atoms with E-state index in [2.05, 4.69) is 35.6 Å². The number of aromatic nitrogens is 3. The van der Waals surface area contributed by atoms with Crippen molar-refractivity contribution in [2.75, 3.05) is 74.6 Å². The van der Waals surface area contributed by atoms with E-state index in [9.17, 15) is 28.8 Å². The predicted octanol–water partition coefficient (Wildman–Crippen LogP) is 3.72. The molecule has 1 spiro atoms. The smallest absolute Gasteiger partial charge is 0.293 e. The minimum absolute atomic E-state index is 0.0866. The zero-order valence-corrected chi connectivity index (χ0v) is 35.7. The number of ether oxygens (including phenoxy) is 1. The number of benzene rings is 2. The standard InChI is InChI=1S/C44H49ClN10O7/c1-25(2)54-33-7-4-28(16-27(33)17-35(42(54)61)62-21-37(57)46-3)48-38-32(45)19-47-43(50-38)52-13-10-26(11-14-52)20-51-22-44(23-51)12-15-53(24-44)29-5-6-30-31(18-29)41(60)55(40(30)59)34-8-9-36(56)49-39(34)58/h4-7,16-19,25-26,34H,8-15,20-24H2,1-3H3,(H,46,57)(H,47,48,50)(H,49,56,58). The minimum Gasteiger partial charge on any atom is -0.478 e. The molecule has 0 aliphatic carbocycles. The summed E-state index contributed by atoms with van der Waals surface area (Å²) in [6.07, 6.45) is 4.89. The summed E-state index contributed by atoms with van der Waals surface area (Å²) in [4.78, 5) is 93.3. The van der Waals surface area contributed by atoms with Crippen LogP contribution in [0.25, 0.3) is 10.9 Å². The lowest BCUT2D eigenvalue weighted by Gasteiger charge is -2.50. The number of halogens is 1. The molecule has 5 aliphatic rings. The van der Waals surface area contributed by atoms with Crippen LogP contribution in [0, 0.1) is 11.3 Å². The van der Waals surface area contributed by atoms with Crippen molar-refractivity contribution in [3.8, 4) is 5.75 Å². The van der Waals surface area contributed by atoms with Gasteiger partial charge in [-0.2, -0.15) is 4.98 Å². The van der Waals surface area contributed by atoms with Crippen LogP contribution in [0.5, 0.6) is 5.75 Å². The van der Waals surface area contributed by atoms with Crippen LogP contribution in [0.1, 0.15) is 72.7 Å². The minimum atomic E-state index is -0.980. The van der Waals surface area contributed by atoms with E-state index in [1.165, 1.54) is 7.05 Å². The van der Waals surface area contributed by atoms with Gasteiger partial charge in [0.05, 0.1) is 22.8 Å². The molecule has 3 N–H and O–H groups in total. The molecular weight excluding hydrogens is 816 g/mol. The van der Waals surface area contributed by atoms with Gasteiger partial charge in [0.2, 0.25) is 17.8 Å². The van der Waals surface area contributed by atoms with Gasteiger partial charge in [-0.15, -0.1) is 0 Å². The number of nitrogens with one attached hydrogen (secondary N) is 3. The number of likely N-dealkylation sites (N-methyl/N-ethyl adjacent to an activating group) is 1. The van der Waals surface area contributed by atoms with Crippen LogP contribution in [-0.4, -0.2) is 119 Å². The van der Waals surface area contributed by atoms with E-state index in [1.54, 1.807) is 29.0 Å². The Bertz CT molecular complexity index is 2570. The lowest BCUT2D eigenvalue weighted by atomic mass is 9.78. The van der Waals surface area contributed by atoms with Crippen LogP contribution in [0.4, 0.5) is 23.1 Å². The Labute approximate surface area is 362 Å². The number of likely N-dealkylation sites (tertiary alicyclic amines) is 1. The normalized spacial score (nSPS) is 20.3. The van der Waals surface area contributed by atoms with Crippen molar-refractivity contribution in [1.82, 2.24) is 35.0 Å².